The number of unbranched alkanes of at least 4 members (excludes halogenated alkanes) is 2. The molecule has 0 bridgehead atoms. The molecule has 0 aromatic carbocycles. The summed E-state index contributed by atoms with van der Waals surface area (Å²) in [6, 6.07) is -0.0734. The molecule has 4 heteroatoms. The van der Waals surface area contributed by atoms with Gasteiger partial charge in [0.1, 0.15) is 0 Å². The van der Waals surface area contributed by atoms with Gasteiger partial charge in [0.15, 0.2) is 0 Å². The first kappa shape index (κ1) is 11.4. The molecule has 1 rings (SSSR count). The maximum atomic E-state index is 12.1. The maximum absolute atomic E-state index is 12.1. The SMILES string of the molecule is [2H][C@@H]1C(CCCCC)N1S(=O)(=O)C(C)(C)C. The summed E-state index contributed by atoms with van der Waals surface area (Å²) in [4.78, 5) is 0. The molecule has 0 aromatic rings. The minimum absolute atomic E-state index is 0.0734. The van der Waals surface area contributed by atoms with Crippen LogP contribution in [0.15, 0.2) is 0 Å². The van der Waals surface area contributed by atoms with Crippen LogP contribution in [-0.2, 0) is 10.0 Å². The van der Waals surface area contributed by atoms with Gasteiger partial charge in [-0.25, -0.2) is 8.42 Å². The predicted molar refractivity (Wildman–Crippen MR) is 63.3 cm³/mol. The van der Waals surface area contributed by atoms with Crippen molar-refractivity contribution < 1.29 is 9.79 Å². The highest BCUT2D eigenvalue weighted by atomic mass is 32.2. The number of hydrogen-bond donors (Lipinski definition) is 0. The topological polar surface area (TPSA) is 37.1 Å². The second-order valence-electron chi connectivity index (χ2n) is 5.16. The summed E-state index contributed by atoms with van der Waals surface area (Å²) >= 11 is 0. The van der Waals surface area contributed by atoms with E-state index in [1.54, 1.807) is 20.8 Å². The molecule has 90 valence electrons. The molecule has 1 fully saturated rings. The summed E-state index contributed by atoms with van der Waals surface area (Å²) in [5.74, 6) is 0. The van der Waals surface area contributed by atoms with Gasteiger partial charge in [0.05, 0.1) is 4.75 Å². The zero-order valence-electron chi connectivity index (χ0n) is 11.2. The molecule has 15 heavy (non-hydrogen) atoms. The molecule has 0 aromatic heterocycles. The van der Waals surface area contributed by atoms with Crippen LogP contribution in [0.1, 0.15) is 54.7 Å². The van der Waals surface area contributed by atoms with Crippen LogP contribution in [0.2, 0.25) is 0 Å². The summed E-state index contributed by atoms with van der Waals surface area (Å²) in [5, 5.41) is 0. The monoisotopic (exact) mass is 234 g/mol. The smallest absolute Gasteiger partial charge is 0.212 e. The largest absolute Gasteiger partial charge is 0.219 e. The molecule has 0 spiro atoms. The van der Waals surface area contributed by atoms with Crippen molar-refractivity contribution in [2.24, 2.45) is 0 Å². The number of sulfonamides is 1. The molecule has 1 saturated heterocycles. The lowest BCUT2D eigenvalue weighted by molar-refractivity contribution is 0.507. The van der Waals surface area contributed by atoms with Crippen LogP contribution >= 0.6 is 0 Å². The van der Waals surface area contributed by atoms with Gasteiger partial charge in [0.25, 0.3) is 0 Å². The van der Waals surface area contributed by atoms with Gasteiger partial charge >= 0.3 is 0 Å². The van der Waals surface area contributed by atoms with Gasteiger partial charge in [-0.2, -0.15) is 4.31 Å². The molecule has 1 aliphatic heterocycles. The van der Waals surface area contributed by atoms with E-state index in [1.165, 1.54) is 4.31 Å². The van der Waals surface area contributed by atoms with Gasteiger partial charge < -0.3 is 0 Å². The first-order chi connectivity index (χ1) is 7.23. The van der Waals surface area contributed by atoms with Crippen LogP contribution in [-0.4, -0.2) is 30.0 Å². The van der Waals surface area contributed by atoms with Crippen molar-refractivity contribution in [2.75, 3.05) is 6.52 Å². The third-order valence-corrected chi connectivity index (χ3v) is 5.21. The Kier molecular flexibility index (Phi) is 3.36. The highest BCUT2D eigenvalue weighted by molar-refractivity contribution is 7.90. The lowest BCUT2D eigenvalue weighted by Crippen LogP contribution is -2.34. The average Bonchev–Trinajstić information content (AvgIpc) is 2.76. The Morgan fingerprint density at radius 1 is 1.40 bits per heavy atom. The van der Waals surface area contributed by atoms with Crippen molar-refractivity contribution in [1.29, 1.82) is 0 Å². The summed E-state index contributed by atoms with van der Waals surface area (Å²) in [7, 11) is -3.29. The van der Waals surface area contributed by atoms with Crippen LogP contribution in [0.4, 0.5) is 0 Å². The van der Waals surface area contributed by atoms with Crippen molar-refractivity contribution in [1.82, 2.24) is 4.31 Å². The Bertz CT molecular complexity index is 334. The van der Waals surface area contributed by atoms with E-state index in [2.05, 4.69) is 6.92 Å². The molecule has 1 heterocycles. The second kappa shape index (κ2) is 4.42. The molecule has 3 atom stereocenters. The van der Waals surface area contributed by atoms with Crippen LogP contribution in [0.25, 0.3) is 0 Å². The molecule has 2 unspecified atom stereocenters. The van der Waals surface area contributed by atoms with Gasteiger partial charge in [-0.15, -0.1) is 0 Å². The zero-order valence-corrected chi connectivity index (χ0v) is 11.0. The van der Waals surface area contributed by atoms with E-state index >= 15 is 0 Å². The Balaban J connectivity index is 2.59. The van der Waals surface area contributed by atoms with Crippen molar-refractivity contribution in [3.63, 3.8) is 0 Å². The lowest BCUT2D eigenvalue weighted by atomic mass is 10.2. The highest BCUT2D eigenvalue weighted by Crippen LogP contribution is 2.33. The third-order valence-electron chi connectivity index (χ3n) is 2.71. The van der Waals surface area contributed by atoms with Gasteiger partial charge in [0, 0.05) is 13.9 Å². The molecule has 0 aliphatic carbocycles. The molecule has 0 N–H and O–H groups in total. The first-order valence-electron chi connectivity index (χ1n) is 6.26. The fourth-order valence-electron chi connectivity index (χ4n) is 1.51. The van der Waals surface area contributed by atoms with Crippen LogP contribution in [0.3, 0.4) is 0 Å². The van der Waals surface area contributed by atoms with Gasteiger partial charge in [-0.3, -0.25) is 0 Å². The van der Waals surface area contributed by atoms with Gasteiger partial charge in [-0.1, -0.05) is 26.2 Å². The van der Waals surface area contributed by atoms with Crippen molar-refractivity contribution in [2.45, 2.75) is 64.2 Å². The first-order valence-corrected chi connectivity index (χ1v) is 7.13. The number of hydrogen-bond acceptors (Lipinski definition) is 2. The Morgan fingerprint density at radius 3 is 2.47 bits per heavy atom. The zero-order chi connectivity index (χ0) is 12.6. The van der Waals surface area contributed by atoms with E-state index in [-0.39, 0.29) is 6.04 Å². The second-order valence-corrected chi connectivity index (χ2v) is 7.76. The molecular formula is C11H23NO2S. The highest BCUT2D eigenvalue weighted by Gasteiger charge is 2.48. The van der Waals surface area contributed by atoms with Crippen LogP contribution in [0.5, 0.6) is 0 Å². The van der Waals surface area contributed by atoms with E-state index in [0.717, 1.165) is 25.7 Å². The van der Waals surface area contributed by atoms with Crippen LogP contribution < -0.4 is 0 Å². The van der Waals surface area contributed by atoms with E-state index in [9.17, 15) is 8.42 Å². The maximum Gasteiger partial charge on any atom is 0.219 e. The lowest BCUT2D eigenvalue weighted by Gasteiger charge is -2.20. The van der Waals surface area contributed by atoms with Crippen molar-refractivity contribution in [3.05, 3.63) is 0 Å². The van der Waals surface area contributed by atoms with E-state index in [0.29, 0.717) is 0 Å². The molecule has 0 radical (unpaired) electrons. The normalized spacial score (nSPS) is 32.5. The Hall–Kier alpha value is -0.0900. The molecule has 0 amide bonds. The van der Waals surface area contributed by atoms with Gasteiger partial charge in [-0.05, 0) is 27.2 Å². The number of nitrogens with zero attached hydrogens (tertiary/aromatic N) is 1. The summed E-state index contributed by atoms with van der Waals surface area (Å²) in [6.45, 7) is 6.65. The van der Waals surface area contributed by atoms with Crippen molar-refractivity contribution in [3.8, 4) is 0 Å². The fraction of sp³-hybridized carbons (Fsp3) is 1.00. The van der Waals surface area contributed by atoms with E-state index in [4.69, 9.17) is 1.37 Å². The quantitative estimate of drug-likeness (QED) is 0.541. The summed E-state index contributed by atoms with van der Waals surface area (Å²) < 4.78 is 32.5. The third kappa shape index (κ3) is 2.94. The fourth-order valence-corrected chi connectivity index (χ4v) is 2.91. The molecule has 1 aliphatic rings. The summed E-state index contributed by atoms with van der Waals surface area (Å²) in [6.07, 6.45) is 4.10. The van der Waals surface area contributed by atoms with E-state index in [1.807, 2.05) is 0 Å². The minimum atomic E-state index is -3.29. The standard InChI is InChI=1S/C11H23NO2S/c1-5-6-7-8-10-9-12(10)15(13,14)11(2,3)4/h10H,5-9H2,1-4H3/i9D/t9-,10?,12?/m1/s1. The molecular weight excluding hydrogens is 210 g/mol. The van der Waals surface area contributed by atoms with Crippen molar-refractivity contribution >= 4 is 10.0 Å². The van der Waals surface area contributed by atoms with E-state index < -0.39 is 21.3 Å². The predicted octanol–water partition coefficient (Wildman–Crippen LogP) is 2.38. The molecule has 3 nitrogen and oxygen atoms in total. The Morgan fingerprint density at radius 2 is 2.00 bits per heavy atom. The van der Waals surface area contributed by atoms with Gasteiger partial charge in [0.2, 0.25) is 10.0 Å². The minimum Gasteiger partial charge on any atom is -0.212 e. The number of rotatable bonds is 5. The Labute approximate surface area is 95.3 Å². The molecule has 0 saturated carbocycles. The van der Waals surface area contributed by atoms with Crippen LogP contribution in [0, 0.1) is 0 Å². The average molecular weight is 234 g/mol. The summed E-state index contributed by atoms with van der Waals surface area (Å²) in [5.41, 5.74) is 0.